The zero-order valence-electron chi connectivity index (χ0n) is 10.5. The molecule has 2 aliphatic rings. The molecule has 0 aromatic heterocycles. The van der Waals surface area contributed by atoms with Crippen molar-refractivity contribution in [3.63, 3.8) is 0 Å². The van der Waals surface area contributed by atoms with Crippen molar-refractivity contribution in [3.05, 3.63) is 23.8 Å². The molecular weight excluding hydrogens is 182 g/mol. The van der Waals surface area contributed by atoms with Crippen LogP contribution in [0.1, 0.15) is 46.5 Å². The number of likely N-dealkylation sites (tertiary alicyclic amines) is 1. The van der Waals surface area contributed by atoms with Crippen LogP contribution in [0.25, 0.3) is 0 Å². The number of allylic oxidation sites excluding steroid dienone is 2. The Bertz CT molecular complexity index is 221. The SMILES string of the molecule is CC.CC1=CC(N2CCCCC2)CC=C1. The molecule has 0 bridgehead atoms. The van der Waals surface area contributed by atoms with E-state index in [1.807, 2.05) is 13.8 Å². The van der Waals surface area contributed by atoms with E-state index in [-0.39, 0.29) is 0 Å². The van der Waals surface area contributed by atoms with E-state index in [1.54, 1.807) is 0 Å². The summed E-state index contributed by atoms with van der Waals surface area (Å²) in [6.07, 6.45) is 12.4. The van der Waals surface area contributed by atoms with Crippen LogP contribution in [0, 0.1) is 0 Å². The maximum atomic E-state index is 2.64. The lowest BCUT2D eigenvalue weighted by molar-refractivity contribution is 0.190. The van der Waals surface area contributed by atoms with Crippen molar-refractivity contribution < 1.29 is 0 Å². The molecule has 2 rings (SSSR count). The molecule has 1 unspecified atom stereocenters. The highest BCUT2D eigenvalue weighted by molar-refractivity contribution is 5.23. The first-order valence-corrected chi connectivity index (χ1v) is 6.45. The average molecular weight is 207 g/mol. The molecule has 0 spiro atoms. The van der Waals surface area contributed by atoms with E-state index in [1.165, 1.54) is 44.3 Å². The molecule has 1 fully saturated rings. The molecule has 1 heteroatoms. The molecule has 1 heterocycles. The second kappa shape index (κ2) is 6.84. The Balaban J connectivity index is 0.000000531. The van der Waals surface area contributed by atoms with Crippen molar-refractivity contribution in [1.82, 2.24) is 4.90 Å². The summed E-state index contributed by atoms with van der Waals surface area (Å²) in [6, 6.07) is 0.699. The Labute approximate surface area is 94.9 Å². The van der Waals surface area contributed by atoms with E-state index in [0.29, 0.717) is 6.04 Å². The van der Waals surface area contributed by atoms with Crippen molar-refractivity contribution in [2.24, 2.45) is 0 Å². The van der Waals surface area contributed by atoms with Gasteiger partial charge in [0, 0.05) is 6.04 Å². The average Bonchev–Trinajstić information content (AvgIpc) is 2.33. The molecule has 0 radical (unpaired) electrons. The van der Waals surface area contributed by atoms with Gasteiger partial charge in [0.2, 0.25) is 0 Å². The molecule has 0 aromatic rings. The van der Waals surface area contributed by atoms with Crippen molar-refractivity contribution in [1.29, 1.82) is 0 Å². The van der Waals surface area contributed by atoms with Crippen LogP contribution in [0.3, 0.4) is 0 Å². The number of piperidine rings is 1. The number of nitrogens with zero attached hydrogens (tertiary/aromatic N) is 1. The Kier molecular flexibility index (Phi) is 5.70. The van der Waals surface area contributed by atoms with Gasteiger partial charge in [-0.25, -0.2) is 0 Å². The highest BCUT2D eigenvalue weighted by atomic mass is 15.2. The molecule has 1 nitrogen and oxygen atoms in total. The van der Waals surface area contributed by atoms with Crippen molar-refractivity contribution >= 4 is 0 Å². The summed E-state index contributed by atoms with van der Waals surface area (Å²) in [5.74, 6) is 0. The second-order valence-corrected chi connectivity index (χ2v) is 4.21. The van der Waals surface area contributed by atoms with Crippen molar-refractivity contribution in [2.45, 2.75) is 52.5 Å². The lowest BCUT2D eigenvalue weighted by Gasteiger charge is -2.33. The third kappa shape index (κ3) is 3.83. The summed E-state index contributed by atoms with van der Waals surface area (Å²) in [5, 5.41) is 0. The van der Waals surface area contributed by atoms with Gasteiger partial charge in [-0.15, -0.1) is 0 Å². The molecule has 15 heavy (non-hydrogen) atoms. The molecular formula is C14H25N. The summed E-state index contributed by atoms with van der Waals surface area (Å²) >= 11 is 0. The van der Waals surface area contributed by atoms with Crippen LogP contribution in [0.5, 0.6) is 0 Å². The Morgan fingerprint density at radius 1 is 1.13 bits per heavy atom. The smallest absolute Gasteiger partial charge is 0.0318 e. The maximum absolute atomic E-state index is 2.64. The van der Waals surface area contributed by atoms with Gasteiger partial charge in [-0.3, -0.25) is 4.90 Å². The van der Waals surface area contributed by atoms with Gasteiger partial charge in [0.1, 0.15) is 0 Å². The largest absolute Gasteiger partial charge is 0.297 e. The molecule has 0 N–H and O–H groups in total. The number of hydrogen-bond donors (Lipinski definition) is 0. The minimum absolute atomic E-state index is 0.699. The van der Waals surface area contributed by atoms with Gasteiger partial charge in [-0.05, 0) is 39.3 Å². The van der Waals surface area contributed by atoms with Gasteiger partial charge >= 0.3 is 0 Å². The molecule has 1 aliphatic heterocycles. The van der Waals surface area contributed by atoms with Gasteiger partial charge in [-0.2, -0.15) is 0 Å². The monoisotopic (exact) mass is 207 g/mol. The quantitative estimate of drug-likeness (QED) is 0.632. The predicted molar refractivity (Wildman–Crippen MR) is 68.1 cm³/mol. The molecule has 1 saturated heterocycles. The third-order valence-corrected chi connectivity index (χ3v) is 3.07. The molecule has 0 aromatic carbocycles. The summed E-state index contributed by atoms with van der Waals surface area (Å²) in [5.41, 5.74) is 1.43. The van der Waals surface area contributed by atoms with Crippen LogP contribution in [-0.2, 0) is 0 Å². The van der Waals surface area contributed by atoms with Gasteiger partial charge in [0.25, 0.3) is 0 Å². The molecule has 1 aliphatic carbocycles. The first-order chi connectivity index (χ1) is 7.36. The Morgan fingerprint density at radius 3 is 2.40 bits per heavy atom. The fraction of sp³-hybridized carbons (Fsp3) is 0.714. The number of hydrogen-bond acceptors (Lipinski definition) is 1. The Morgan fingerprint density at radius 2 is 1.80 bits per heavy atom. The lowest BCUT2D eigenvalue weighted by Crippen LogP contribution is -2.38. The first kappa shape index (κ1) is 12.5. The highest BCUT2D eigenvalue weighted by Gasteiger charge is 2.18. The van der Waals surface area contributed by atoms with Crippen LogP contribution in [-0.4, -0.2) is 24.0 Å². The van der Waals surface area contributed by atoms with E-state index in [9.17, 15) is 0 Å². The summed E-state index contributed by atoms with van der Waals surface area (Å²) in [6.45, 7) is 8.82. The van der Waals surface area contributed by atoms with E-state index in [0.717, 1.165) is 0 Å². The second-order valence-electron chi connectivity index (χ2n) is 4.21. The van der Waals surface area contributed by atoms with Gasteiger partial charge in [-0.1, -0.05) is 44.1 Å². The molecule has 0 amide bonds. The summed E-state index contributed by atoms with van der Waals surface area (Å²) in [7, 11) is 0. The van der Waals surface area contributed by atoms with Crippen LogP contribution < -0.4 is 0 Å². The van der Waals surface area contributed by atoms with Crippen molar-refractivity contribution in [3.8, 4) is 0 Å². The first-order valence-electron chi connectivity index (χ1n) is 6.45. The predicted octanol–water partition coefficient (Wildman–Crippen LogP) is 3.77. The van der Waals surface area contributed by atoms with Gasteiger partial charge in [0.05, 0.1) is 0 Å². The van der Waals surface area contributed by atoms with E-state index in [2.05, 4.69) is 30.1 Å². The molecule has 1 atom stereocenters. The van der Waals surface area contributed by atoms with Crippen LogP contribution in [0.4, 0.5) is 0 Å². The minimum Gasteiger partial charge on any atom is -0.297 e. The third-order valence-electron chi connectivity index (χ3n) is 3.07. The van der Waals surface area contributed by atoms with Gasteiger partial charge < -0.3 is 0 Å². The zero-order valence-corrected chi connectivity index (χ0v) is 10.5. The number of rotatable bonds is 1. The zero-order chi connectivity index (χ0) is 11.1. The lowest BCUT2D eigenvalue weighted by atomic mass is 10.00. The maximum Gasteiger partial charge on any atom is 0.0318 e. The fourth-order valence-electron chi connectivity index (χ4n) is 2.32. The Hall–Kier alpha value is -0.560. The normalized spacial score (nSPS) is 26.6. The fourth-order valence-corrected chi connectivity index (χ4v) is 2.32. The molecule has 86 valence electrons. The van der Waals surface area contributed by atoms with Gasteiger partial charge in [0.15, 0.2) is 0 Å². The van der Waals surface area contributed by atoms with Crippen LogP contribution >= 0.6 is 0 Å². The van der Waals surface area contributed by atoms with Crippen molar-refractivity contribution in [2.75, 3.05) is 13.1 Å². The van der Waals surface area contributed by atoms with Crippen LogP contribution in [0.15, 0.2) is 23.8 Å². The van der Waals surface area contributed by atoms with E-state index in [4.69, 9.17) is 0 Å². The summed E-state index contributed by atoms with van der Waals surface area (Å²) in [4.78, 5) is 2.64. The van der Waals surface area contributed by atoms with E-state index >= 15 is 0 Å². The molecule has 0 saturated carbocycles. The topological polar surface area (TPSA) is 3.24 Å². The highest BCUT2D eigenvalue weighted by Crippen LogP contribution is 2.19. The standard InChI is InChI=1S/C12H19N.C2H6/c1-11-6-5-7-12(10-11)13-8-3-2-4-9-13;1-2/h5-6,10,12H,2-4,7-9H2,1H3;1-2H3. The summed E-state index contributed by atoms with van der Waals surface area (Å²) < 4.78 is 0. The minimum atomic E-state index is 0.699. The van der Waals surface area contributed by atoms with E-state index < -0.39 is 0 Å². The van der Waals surface area contributed by atoms with Crippen LogP contribution in [0.2, 0.25) is 0 Å².